The molecule has 0 atom stereocenters. The molecule has 4 nitrogen and oxygen atoms in total. The van der Waals surface area contributed by atoms with Crippen LogP contribution in [-0.2, 0) is 25.7 Å². The molecule has 244 valence electrons. The van der Waals surface area contributed by atoms with E-state index in [4.69, 9.17) is 15.3 Å². The van der Waals surface area contributed by atoms with Gasteiger partial charge in [-0.2, -0.15) is 14.0 Å². The van der Waals surface area contributed by atoms with E-state index in [9.17, 15) is 5.26 Å². The topological polar surface area (TPSA) is 53.9 Å². The molecule has 8 rings (SSSR count). The van der Waals surface area contributed by atoms with E-state index in [1.807, 2.05) is 22.7 Å². The summed E-state index contributed by atoms with van der Waals surface area (Å²) in [6.07, 6.45) is 8.51. The number of fused-ring (bicyclic) bond motifs is 7. The molecule has 0 amide bonds. The van der Waals surface area contributed by atoms with Gasteiger partial charge in [0.25, 0.3) is 0 Å². The van der Waals surface area contributed by atoms with Crippen LogP contribution in [0.5, 0.6) is 0 Å². The fourth-order valence-corrected chi connectivity index (χ4v) is 12.9. The van der Waals surface area contributed by atoms with Crippen molar-refractivity contribution in [1.82, 2.24) is 8.75 Å². The van der Waals surface area contributed by atoms with Crippen LogP contribution in [0.2, 0.25) is 0 Å². The number of aryl methyl sites for hydroxylation is 4. The van der Waals surface area contributed by atoms with Gasteiger partial charge >= 0.3 is 0 Å². The van der Waals surface area contributed by atoms with Gasteiger partial charge in [0.05, 0.1) is 29.9 Å². The third-order valence-electron chi connectivity index (χ3n) is 9.60. The highest BCUT2D eigenvalue weighted by molar-refractivity contribution is 7.24. The quantitative estimate of drug-likeness (QED) is 0.132. The maximum absolute atomic E-state index is 10.9. The summed E-state index contributed by atoms with van der Waals surface area (Å²) in [7, 11) is 0. The normalized spacial score (nSPS) is 11.9. The van der Waals surface area contributed by atoms with Crippen molar-refractivity contribution in [2.75, 3.05) is 0 Å². The summed E-state index contributed by atoms with van der Waals surface area (Å²) in [5.74, 6) is 0. The molecule has 0 radical (unpaired) electrons. The monoisotopic (exact) mass is 730 g/mol. The second kappa shape index (κ2) is 13.2. The van der Waals surface area contributed by atoms with Gasteiger partial charge in [0.2, 0.25) is 5.69 Å². The second-order valence-electron chi connectivity index (χ2n) is 12.6. The lowest BCUT2D eigenvalue weighted by atomic mass is 9.94. The van der Waals surface area contributed by atoms with Crippen LogP contribution < -0.4 is 0 Å². The summed E-state index contributed by atoms with van der Waals surface area (Å²) in [5, 5.41) is 20.3. The molecule has 0 spiro atoms. The van der Waals surface area contributed by atoms with E-state index in [1.165, 1.54) is 74.3 Å². The Morgan fingerprint density at radius 2 is 1.10 bits per heavy atom. The molecule has 3 aromatic carbocycles. The molecule has 0 saturated heterocycles. The summed E-state index contributed by atoms with van der Waals surface area (Å²) in [6, 6.07) is 11.5. The fraction of sp³-hybridized carbons (Fsp3) is 0.300. The highest BCUT2D eigenvalue weighted by atomic mass is 32.1. The Hall–Kier alpha value is -3.70. The lowest BCUT2D eigenvalue weighted by Crippen LogP contribution is -1.95. The van der Waals surface area contributed by atoms with E-state index in [0.717, 1.165) is 83.3 Å². The molecule has 49 heavy (non-hydrogen) atoms. The molecule has 5 heterocycles. The molecule has 0 fully saturated rings. The first-order valence-electron chi connectivity index (χ1n) is 17.1. The zero-order chi connectivity index (χ0) is 33.8. The van der Waals surface area contributed by atoms with Gasteiger partial charge in [-0.15, -0.1) is 45.3 Å². The van der Waals surface area contributed by atoms with E-state index >= 15 is 0 Å². The Morgan fingerprint density at radius 3 is 1.55 bits per heavy atom. The van der Waals surface area contributed by atoms with Crippen LogP contribution >= 0.6 is 57.1 Å². The van der Waals surface area contributed by atoms with Crippen LogP contribution in [0.15, 0.2) is 35.0 Å². The number of hydrogen-bond acceptors (Lipinski definition) is 8. The molecule has 0 aliphatic heterocycles. The zero-order valence-corrected chi connectivity index (χ0v) is 32.0. The van der Waals surface area contributed by atoms with Crippen molar-refractivity contribution in [3.05, 3.63) is 74.3 Å². The average molecular weight is 731 g/mol. The van der Waals surface area contributed by atoms with Crippen molar-refractivity contribution in [3.8, 4) is 27.0 Å². The average Bonchev–Trinajstić information content (AvgIpc) is 3.95. The highest BCUT2D eigenvalue weighted by Crippen LogP contribution is 2.53. The third-order valence-corrected chi connectivity index (χ3v) is 14.5. The van der Waals surface area contributed by atoms with Crippen LogP contribution in [0.25, 0.3) is 77.1 Å². The smallest absolute Gasteiger partial charge is 0.216 e. The van der Waals surface area contributed by atoms with Crippen molar-refractivity contribution < 1.29 is 0 Å². The van der Waals surface area contributed by atoms with Crippen LogP contribution in [-0.4, -0.2) is 8.75 Å². The molecule has 0 bridgehead atoms. The minimum absolute atomic E-state index is 0.384. The molecular weight excluding hydrogens is 697 g/mol. The lowest BCUT2D eigenvalue weighted by Gasteiger charge is -2.12. The molecule has 8 aromatic rings. The van der Waals surface area contributed by atoms with Gasteiger partial charge in [0.15, 0.2) is 0 Å². The largest absolute Gasteiger partial charge is 0.236 e. The Balaban J connectivity index is 1.42. The predicted octanol–water partition coefficient (Wildman–Crippen LogP) is 14.1. The van der Waals surface area contributed by atoms with E-state index < -0.39 is 0 Å². The van der Waals surface area contributed by atoms with E-state index in [2.05, 4.69) is 73.6 Å². The summed E-state index contributed by atoms with van der Waals surface area (Å²) in [6.45, 7) is 17.5. The van der Waals surface area contributed by atoms with Crippen LogP contribution in [0.1, 0.15) is 81.2 Å². The molecule has 0 N–H and O–H groups in total. The summed E-state index contributed by atoms with van der Waals surface area (Å²) < 4.78 is 15.1. The first kappa shape index (κ1) is 32.5. The van der Waals surface area contributed by atoms with Crippen LogP contribution in [0.4, 0.5) is 5.69 Å². The zero-order valence-electron chi connectivity index (χ0n) is 28.0. The van der Waals surface area contributed by atoms with Gasteiger partial charge in [-0.25, -0.2) is 4.85 Å². The van der Waals surface area contributed by atoms with Gasteiger partial charge in [-0.1, -0.05) is 53.4 Å². The first-order valence-corrected chi connectivity index (χ1v) is 21.2. The van der Waals surface area contributed by atoms with Gasteiger partial charge in [0.1, 0.15) is 11.0 Å². The number of aromatic nitrogens is 2. The number of nitrogens with zero attached hydrogens (tertiary/aromatic N) is 4. The number of rotatable bonds is 10. The SMILES string of the molecule is [C-]#[N+]c1c(C#N)c(-c2cc3c(s2)c(CCC)c(CCC)c2sccc23)c2nsnc2c1-c1cc2c(s1)c(CCC)c(CCC)c1sccc12. The molecule has 0 aliphatic carbocycles. The lowest BCUT2D eigenvalue weighted by molar-refractivity contribution is 0.877. The van der Waals surface area contributed by atoms with Crippen molar-refractivity contribution >= 4 is 114 Å². The molecule has 9 heteroatoms. The predicted molar refractivity (Wildman–Crippen MR) is 217 cm³/mol. The molecule has 5 aromatic heterocycles. The van der Waals surface area contributed by atoms with Crippen LogP contribution in [0, 0.1) is 17.9 Å². The Morgan fingerprint density at radius 1 is 0.653 bits per heavy atom. The second-order valence-corrected chi connectivity index (χ2v) is 17.1. The molecule has 0 saturated carbocycles. The minimum Gasteiger partial charge on any atom is -0.236 e. The van der Waals surface area contributed by atoms with Crippen molar-refractivity contribution in [2.24, 2.45) is 0 Å². The Kier molecular flexibility index (Phi) is 8.76. The van der Waals surface area contributed by atoms with E-state index in [0.29, 0.717) is 11.3 Å². The summed E-state index contributed by atoms with van der Waals surface area (Å²) in [5.41, 5.74) is 9.57. The highest BCUT2D eigenvalue weighted by Gasteiger charge is 2.28. The van der Waals surface area contributed by atoms with Crippen molar-refractivity contribution in [2.45, 2.75) is 79.1 Å². The maximum Gasteiger partial charge on any atom is 0.216 e. The standard InChI is InChI=1S/C40H34N4S5/c1-6-10-21-23(12-8-3)39-27(25-14-16-45-37(21)25)18-30(47-39)32-29(20-41)34(42-5)33(36-35(32)43-49-44-36)31-19-28-26-15-17-46-38(26)22(11-7-2)24(13-9-4)40(28)48-31/h14-19H,6-13H2,1-4H3. The van der Waals surface area contributed by atoms with Gasteiger partial charge in [-0.05, 0) is 83.0 Å². The third kappa shape index (κ3) is 4.97. The van der Waals surface area contributed by atoms with E-state index in [1.54, 1.807) is 22.7 Å². The van der Waals surface area contributed by atoms with E-state index in [-0.39, 0.29) is 0 Å². The molecule has 0 aliphatic rings. The Labute approximate surface area is 306 Å². The fourth-order valence-electron chi connectivity index (χ4n) is 7.68. The maximum atomic E-state index is 10.9. The number of hydrogen-bond donors (Lipinski definition) is 0. The van der Waals surface area contributed by atoms with Crippen LogP contribution in [0.3, 0.4) is 0 Å². The minimum atomic E-state index is 0.384. The van der Waals surface area contributed by atoms with Crippen molar-refractivity contribution in [3.63, 3.8) is 0 Å². The number of thiophene rings is 4. The molecular formula is C40H34N4S5. The van der Waals surface area contributed by atoms with Gasteiger partial charge < -0.3 is 0 Å². The summed E-state index contributed by atoms with van der Waals surface area (Å²) >= 11 is 8.35. The van der Waals surface area contributed by atoms with Gasteiger partial charge in [0, 0.05) is 61.2 Å². The molecule has 0 unspecified atom stereocenters. The van der Waals surface area contributed by atoms with Gasteiger partial charge in [-0.3, -0.25) is 0 Å². The Bertz CT molecular complexity index is 2470. The summed E-state index contributed by atoms with van der Waals surface area (Å²) in [4.78, 5) is 6.10. The number of nitriles is 1. The first-order chi connectivity index (χ1) is 24.1. The number of benzene rings is 3. The van der Waals surface area contributed by atoms with Crippen molar-refractivity contribution in [1.29, 1.82) is 5.26 Å².